The van der Waals surface area contributed by atoms with Gasteiger partial charge in [-0.25, -0.2) is 0 Å². The van der Waals surface area contributed by atoms with Crippen LogP contribution in [-0.2, 0) is 80.0 Å². The first-order valence-electron chi connectivity index (χ1n) is 40.7. The molecule has 0 bridgehead atoms. The van der Waals surface area contributed by atoms with Crippen LogP contribution in [0.3, 0.4) is 0 Å². The molecule has 0 aliphatic rings. The van der Waals surface area contributed by atoms with Gasteiger partial charge in [0.15, 0.2) is 0 Å². The average Bonchev–Trinajstić information content (AvgIpc) is 0.872. The van der Waals surface area contributed by atoms with Gasteiger partial charge in [0.05, 0.1) is 32.7 Å². The Morgan fingerprint density at radius 1 is 0.277 bits per heavy atom. The number of amides is 9. The molecule has 25 heteroatoms. The number of nitrogens with one attached hydrogen (secondary N) is 5. The molecule has 112 heavy (non-hydrogen) atoms. The zero-order chi connectivity index (χ0) is 80.9. The third-order valence-electron chi connectivity index (χ3n) is 20.0. The van der Waals surface area contributed by atoms with Crippen molar-refractivity contribution in [2.45, 2.75) is 198 Å². The van der Waals surface area contributed by atoms with Crippen molar-refractivity contribution in [2.75, 3.05) is 105 Å². The monoisotopic (exact) mass is 1550 g/mol. The maximum absolute atomic E-state index is 15.0. The second-order valence-electron chi connectivity index (χ2n) is 29.5. The molecule has 5 aromatic carbocycles. The van der Waals surface area contributed by atoms with Crippen LogP contribution in [0.4, 0.5) is 0 Å². The molecule has 0 aliphatic heterocycles. The normalized spacial score (nSPS) is 12.5. The van der Waals surface area contributed by atoms with E-state index in [2.05, 4.69) is 26.6 Å². The van der Waals surface area contributed by atoms with Gasteiger partial charge >= 0.3 is 0 Å². The van der Waals surface area contributed by atoms with E-state index in [1.165, 1.54) is 26.5 Å². The standard InChI is InChI=1S/C87H131N15O10/c1-68(103)58-98(83(108)48-43-69-28-8-3-9-29-69)60-75(39-19-24-54-89)94-80(105)65-100(85(110)50-45-71-32-12-5-13-33-71)62-77(41-21-26-56-91)96-82(107)67-102(87(112)52-47-73-36-16-7-17-37-73)63-78(42-22-27-57-92)97-81(106)66-101(86(111)51-46-72-34-14-6-15-35-72)61-76(40-20-25-55-90)95-79(104)64-99(59-74(93-2)38-18-23-53-88)84(109)49-44-70-30-10-4-11-31-70/h3-17,28-37,74-78,93H,18-27,38-67,88-92H2,1-2H3,(H,94,105)(H,95,104)(H,96,107)(H,97,106)/t74-,75-,76-,77-,78-/m0/s1. The van der Waals surface area contributed by atoms with E-state index in [1.54, 1.807) is 4.90 Å². The fraction of sp³-hybridized carbons (Fsp3) is 0.540. The summed E-state index contributed by atoms with van der Waals surface area (Å²) in [5, 5.41) is 15.9. The van der Waals surface area contributed by atoms with E-state index in [-0.39, 0.29) is 119 Å². The number of hydrogen-bond donors (Lipinski definition) is 10. The number of ketones is 1. The van der Waals surface area contributed by atoms with Crippen LogP contribution in [0.25, 0.3) is 0 Å². The molecule has 9 amide bonds. The maximum atomic E-state index is 15.0. The van der Waals surface area contributed by atoms with Gasteiger partial charge in [-0.3, -0.25) is 47.9 Å². The third-order valence-corrected chi connectivity index (χ3v) is 20.0. The minimum atomic E-state index is -0.756. The molecule has 0 unspecified atom stereocenters. The summed E-state index contributed by atoms with van der Waals surface area (Å²) in [6.07, 6.45) is 11.0. The lowest BCUT2D eigenvalue weighted by Gasteiger charge is -2.32. The molecule has 0 fully saturated rings. The summed E-state index contributed by atoms with van der Waals surface area (Å²) < 4.78 is 0. The van der Waals surface area contributed by atoms with Crippen LogP contribution in [0.1, 0.15) is 163 Å². The second kappa shape index (κ2) is 56.1. The largest absolute Gasteiger partial charge is 0.350 e. The number of benzene rings is 5. The Kier molecular flexibility index (Phi) is 46.7. The van der Waals surface area contributed by atoms with Gasteiger partial charge in [-0.05, 0) is 171 Å². The number of likely N-dealkylation sites (N-methyl/N-ethyl adjacent to an activating group) is 1. The Labute approximate surface area is 665 Å². The van der Waals surface area contributed by atoms with Crippen molar-refractivity contribution in [1.29, 1.82) is 0 Å². The fourth-order valence-corrected chi connectivity index (χ4v) is 13.8. The third kappa shape index (κ3) is 39.8. The van der Waals surface area contributed by atoms with E-state index in [0.29, 0.717) is 142 Å². The van der Waals surface area contributed by atoms with E-state index in [4.69, 9.17) is 28.7 Å². The Morgan fingerprint density at radius 3 is 0.652 bits per heavy atom. The molecule has 5 rings (SSSR count). The number of hydrogen-bond acceptors (Lipinski definition) is 16. The summed E-state index contributed by atoms with van der Waals surface area (Å²) in [4.78, 5) is 152. The number of rotatable bonds is 60. The Hall–Kier alpha value is -9.24. The molecule has 0 spiro atoms. The number of unbranched alkanes of at least 4 members (excludes halogenated alkanes) is 5. The first-order chi connectivity index (χ1) is 54.3. The quantitative estimate of drug-likeness (QED) is 0.0198. The van der Waals surface area contributed by atoms with Gasteiger partial charge in [0.1, 0.15) is 5.78 Å². The van der Waals surface area contributed by atoms with Gasteiger partial charge in [-0.1, -0.05) is 184 Å². The van der Waals surface area contributed by atoms with Gasteiger partial charge in [-0.2, -0.15) is 0 Å². The van der Waals surface area contributed by atoms with E-state index >= 15 is 4.79 Å². The minimum absolute atomic E-state index is 0.00645. The maximum Gasteiger partial charge on any atom is 0.239 e. The van der Waals surface area contributed by atoms with Gasteiger partial charge in [0.25, 0.3) is 0 Å². The summed E-state index contributed by atoms with van der Waals surface area (Å²) in [5.74, 6) is -3.72. The number of carbonyl (C=O) groups is 10. The SMILES string of the molecule is CN[C@@H](CCCCN)CN(CC(=O)N[C@@H](CCCCN)CN(CC(=O)N[C@@H](CCCCN)CN(CC(=O)N[C@@H](CCCCN)CN(CC(=O)N[C@@H](CCCCN)CN(CC(C)=O)C(=O)CCc1ccccc1)C(=O)CCc1ccccc1)C(=O)CCc1ccccc1)C(=O)CCc1ccccc1)C(=O)CCc1ccccc1. The van der Waals surface area contributed by atoms with Crippen LogP contribution in [0.5, 0.6) is 0 Å². The summed E-state index contributed by atoms with van der Waals surface area (Å²) in [6.45, 7) is 1.82. The molecular formula is C87H131N15O10. The van der Waals surface area contributed by atoms with E-state index in [9.17, 15) is 43.2 Å². The van der Waals surface area contributed by atoms with Crippen molar-refractivity contribution < 1.29 is 47.9 Å². The van der Waals surface area contributed by atoms with Crippen molar-refractivity contribution in [3.8, 4) is 0 Å². The number of carbonyl (C=O) groups excluding carboxylic acids is 10. The summed E-state index contributed by atoms with van der Waals surface area (Å²) in [5.41, 5.74) is 34.6. The molecule has 5 atom stereocenters. The van der Waals surface area contributed by atoms with Crippen molar-refractivity contribution in [3.63, 3.8) is 0 Å². The van der Waals surface area contributed by atoms with Gasteiger partial charge < -0.3 is 79.8 Å². The van der Waals surface area contributed by atoms with Crippen LogP contribution in [0.15, 0.2) is 152 Å². The van der Waals surface area contributed by atoms with Crippen LogP contribution in [0.2, 0.25) is 0 Å². The second-order valence-corrected chi connectivity index (χ2v) is 29.5. The predicted molar refractivity (Wildman–Crippen MR) is 442 cm³/mol. The van der Waals surface area contributed by atoms with Crippen LogP contribution in [0, 0.1) is 0 Å². The lowest BCUT2D eigenvalue weighted by molar-refractivity contribution is -0.139. The summed E-state index contributed by atoms with van der Waals surface area (Å²) in [6, 6.07) is 44.9. The number of nitrogens with zero attached hydrogens (tertiary/aromatic N) is 5. The zero-order valence-electron chi connectivity index (χ0n) is 66.8. The van der Waals surface area contributed by atoms with Gasteiger partial charge in [0.2, 0.25) is 53.2 Å². The highest BCUT2D eigenvalue weighted by Gasteiger charge is 2.31. The topological polar surface area (TPSA) is 377 Å². The highest BCUT2D eigenvalue weighted by atomic mass is 16.2. The van der Waals surface area contributed by atoms with E-state index in [1.807, 2.05) is 159 Å². The molecule has 15 N–H and O–H groups in total. The number of aryl methyl sites for hydroxylation is 5. The minimum Gasteiger partial charge on any atom is -0.350 e. The Balaban J connectivity index is 1.45. The molecule has 0 heterocycles. The molecule has 0 saturated heterocycles. The molecule has 0 aromatic heterocycles. The van der Waals surface area contributed by atoms with Crippen LogP contribution < -0.4 is 55.3 Å². The van der Waals surface area contributed by atoms with Crippen molar-refractivity contribution >= 4 is 58.9 Å². The van der Waals surface area contributed by atoms with Crippen molar-refractivity contribution in [3.05, 3.63) is 179 Å². The Morgan fingerprint density at radius 2 is 0.464 bits per heavy atom. The molecule has 0 aliphatic carbocycles. The van der Waals surface area contributed by atoms with E-state index in [0.717, 1.165) is 47.1 Å². The highest BCUT2D eigenvalue weighted by molar-refractivity contribution is 5.89. The molecule has 5 aromatic rings. The zero-order valence-corrected chi connectivity index (χ0v) is 66.8. The van der Waals surface area contributed by atoms with Crippen molar-refractivity contribution in [2.24, 2.45) is 28.7 Å². The molecular weight excluding hydrogens is 1420 g/mol. The van der Waals surface area contributed by atoms with Crippen LogP contribution in [-0.4, -0.2) is 219 Å². The number of nitrogens with two attached hydrogens (primary N) is 5. The fourth-order valence-electron chi connectivity index (χ4n) is 13.8. The molecule has 0 radical (unpaired) electrons. The lowest BCUT2D eigenvalue weighted by atomic mass is 10.1. The van der Waals surface area contributed by atoms with E-state index < -0.39 is 67.4 Å². The van der Waals surface area contributed by atoms with Crippen LogP contribution >= 0.6 is 0 Å². The number of Topliss-reactive ketones (excluding diaryl/α,β-unsaturated/α-hetero) is 1. The van der Waals surface area contributed by atoms with Gasteiger partial charge in [0, 0.05) is 95.0 Å². The summed E-state index contributed by atoms with van der Waals surface area (Å²) in [7, 11) is 1.84. The average molecular weight is 1550 g/mol. The first kappa shape index (κ1) is 93.4. The summed E-state index contributed by atoms with van der Waals surface area (Å²) >= 11 is 0. The predicted octanol–water partition coefficient (Wildman–Crippen LogP) is 6.05. The smallest absolute Gasteiger partial charge is 0.239 e. The Bertz CT molecular complexity index is 3510. The molecule has 25 nitrogen and oxygen atoms in total. The highest BCUT2D eigenvalue weighted by Crippen LogP contribution is 2.17. The molecule has 0 saturated carbocycles. The van der Waals surface area contributed by atoms with Crippen molar-refractivity contribution in [1.82, 2.24) is 51.1 Å². The first-order valence-corrected chi connectivity index (χ1v) is 40.7. The van der Waals surface area contributed by atoms with Gasteiger partial charge in [-0.15, -0.1) is 0 Å². The molecule has 614 valence electrons. The lowest BCUT2D eigenvalue weighted by Crippen LogP contribution is -2.54.